The van der Waals surface area contributed by atoms with Gasteiger partial charge in [0.1, 0.15) is 0 Å². The Morgan fingerprint density at radius 1 is 1.60 bits per heavy atom. The summed E-state index contributed by atoms with van der Waals surface area (Å²) in [7, 11) is 1.88. The van der Waals surface area contributed by atoms with Crippen molar-refractivity contribution in [2.45, 2.75) is 32.7 Å². The van der Waals surface area contributed by atoms with E-state index in [2.05, 4.69) is 20.8 Å². The first-order valence-corrected chi connectivity index (χ1v) is 3.73. The van der Waals surface area contributed by atoms with Gasteiger partial charge in [0.05, 0.1) is 0 Å². The lowest BCUT2D eigenvalue weighted by molar-refractivity contribution is -0.128. The smallest absolute Gasteiger partial charge is 0.223 e. The Balaban J connectivity index is 2.85. The molecule has 0 bridgehead atoms. The Kier molecular flexibility index (Phi) is 1.50. The molecule has 0 aliphatic carbocycles. The second-order valence-electron chi connectivity index (χ2n) is 3.71. The lowest BCUT2D eigenvalue weighted by Gasteiger charge is -2.31. The summed E-state index contributed by atoms with van der Waals surface area (Å²) >= 11 is 0. The van der Waals surface area contributed by atoms with Crippen molar-refractivity contribution in [1.29, 1.82) is 0 Å². The molecule has 0 saturated carbocycles. The molecule has 2 nitrogen and oxygen atoms in total. The van der Waals surface area contributed by atoms with Gasteiger partial charge in [0.25, 0.3) is 0 Å². The maximum atomic E-state index is 11.1. The summed E-state index contributed by atoms with van der Waals surface area (Å²) in [6, 6.07) is 0. The largest absolute Gasteiger partial charge is 0.340 e. The van der Waals surface area contributed by atoms with Gasteiger partial charge in [-0.25, -0.2) is 0 Å². The van der Waals surface area contributed by atoms with Crippen LogP contribution in [0.25, 0.3) is 0 Å². The molecule has 0 spiro atoms. The highest BCUT2D eigenvalue weighted by atomic mass is 16.2. The molecule has 0 aromatic carbocycles. The van der Waals surface area contributed by atoms with Crippen molar-refractivity contribution >= 4 is 5.91 Å². The fraction of sp³-hybridized carbons (Fsp3) is 0.875. The number of rotatable bonds is 0. The average molecular weight is 141 g/mol. The van der Waals surface area contributed by atoms with Crippen molar-refractivity contribution in [3.63, 3.8) is 0 Å². The molecule has 0 radical (unpaired) electrons. The van der Waals surface area contributed by atoms with Crippen molar-refractivity contribution in [3.8, 4) is 0 Å². The number of amides is 1. The highest BCUT2D eigenvalue weighted by Crippen LogP contribution is 2.33. The van der Waals surface area contributed by atoms with Crippen LogP contribution in [0.15, 0.2) is 0 Å². The molecule has 10 heavy (non-hydrogen) atoms. The van der Waals surface area contributed by atoms with E-state index in [1.54, 1.807) is 0 Å². The summed E-state index contributed by atoms with van der Waals surface area (Å²) < 4.78 is 0. The molecule has 1 atom stereocenters. The molecule has 1 aliphatic heterocycles. The maximum Gasteiger partial charge on any atom is 0.223 e. The van der Waals surface area contributed by atoms with Crippen molar-refractivity contribution in [2.24, 2.45) is 5.92 Å². The Hall–Kier alpha value is -0.530. The summed E-state index contributed by atoms with van der Waals surface area (Å²) in [6.07, 6.45) is 0.712. The minimum atomic E-state index is 0.0666. The van der Waals surface area contributed by atoms with E-state index in [1.165, 1.54) is 0 Å². The summed E-state index contributed by atoms with van der Waals surface area (Å²) in [5, 5.41) is 0. The second-order valence-corrected chi connectivity index (χ2v) is 3.71. The Bertz CT molecular complexity index is 163. The SMILES string of the molecule is CC1CC(=O)N(C)C1(C)C. The van der Waals surface area contributed by atoms with E-state index in [9.17, 15) is 4.79 Å². The van der Waals surface area contributed by atoms with Crippen LogP contribution in [0.5, 0.6) is 0 Å². The van der Waals surface area contributed by atoms with Crippen LogP contribution in [0.2, 0.25) is 0 Å². The Labute approximate surface area is 62.2 Å². The third-order valence-corrected chi connectivity index (χ3v) is 2.93. The number of likely N-dealkylation sites (tertiary alicyclic amines) is 1. The zero-order valence-electron chi connectivity index (χ0n) is 7.14. The van der Waals surface area contributed by atoms with Crippen LogP contribution in [0.3, 0.4) is 0 Å². The van der Waals surface area contributed by atoms with Crippen LogP contribution in [-0.4, -0.2) is 23.4 Å². The number of hydrogen-bond acceptors (Lipinski definition) is 1. The highest BCUT2D eigenvalue weighted by molar-refractivity contribution is 5.79. The summed E-state index contributed by atoms with van der Waals surface area (Å²) in [5.74, 6) is 0.766. The van der Waals surface area contributed by atoms with Gasteiger partial charge in [-0.1, -0.05) is 6.92 Å². The summed E-state index contributed by atoms with van der Waals surface area (Å²) in [6.45, 7) is 6.35. The fourth-order valence-corrected chi connectivity index (χ4v) is 1.30. The van der Waals surface area contributed by atoms with Gasteiger partial charge >= 0.3 is 0 Å². The van der Waals surface area contributed by atoms with E-state index in [1.807, 2.05) is 11.9 Å². The number of carbonyl (C=O) groups is 1. The van der Waals surface area contributed by atoms with E-state index in [0.29, 0.717) is 12.3 Å². The third kappa shape index (κ3) is 0.825. The molecule has 1 fully saturated rings. The molecule has 1 saturated heterocycles. The minimum absolute atomic E-state index is 0.0666. The predicted octanol–water partition coefficient (Wildman–Crippen LogP) is 1.26. The third-order valence-electron chi connectivity index (χ3n) is 2.93. The normalized spacial score (nSPS) is 31.4. The van der Waals surface area contributed by atoms with Crippen molar-refractivity contribution in [1.82, 2.24) is 4.90 Å². The molecule has 1 aliphatic rings. The van der Waals surface area contributed by atoms with Gasteiger partial charge in [0.15, 0.2) is 0 Å². The molecule has 0 N–H and O–H groups in total. The average Bonchev–Trinajstić information content (AvgIpc) is 1.97. The second kappa shape index (κ2) is 1.97. The zero-order chi connectivity index (χ0) is 7.94. The number of carbonyl (C=O) groups excluding carboxylic acids is 1. The molecule has 2 heteroatoms. The molecular weight excluding hydrogens is 126 g/mol. The molecule has 1 unspecified atom stereocenters. The van der Waals surface area contributed by atoms with Gasteiger partial charge in [-0.15, -0.1) is 0 Å². The van der Waals surface area contributed by atoms with Crippen LogP contribution in [0.4, 0.5) is 0 Å². The first-order chi connectivity index (χ1) is 4.46. The van der Waals surface area contributed by atoms with Gasteiger partial charge in [-0.05, 0) is 19.8 Å². The van der Waals surface area contributed by atoms with Crippen LogP contribution in [0.1, 0.15) is 27.2 Å². The number of hydrogen-bond donors (Lipinski definition) is 0. The molecular formula is C8H15NO. The molecule has 1 heterocycles. The first kappa shape index (κ1) is 7.58. The highest BCUT2D eigenvalue weighted by Gasteiger charge is 2.40. The maximum absolute atomic E-state index is 11.1. The first-order valence-electron chi connectivity index (χ1n) is 3.73. The van der Waals surface area contributed by atoms with Gasteiger partial charge in [0.2, 0.25) is 5.91 Å². The van der Waals surface area contributed by atoms with Crippen molar-refractivity contribution < 1.29 is 4.79 Å². The lowest BCUT2D eigenvalue weighted by atomic mass is 9.91. The minimum Gasteiger partial charge on any atom is -0.340 e. The van der Waals surface area contributed by atoms with Crippen molar-refractivity contribution in [2.75, 3.05) is 7.05 Å². The van der Waals surface area contributed by atoms with Crippen LogP contribution in [-0.2, 0) is 4.79 Å². The standard InChI is InChI=1S/C8H15NO/c1-6-5-7(10)9(4)8(6,2)3/h6H,5H2,1-4H3. The van der Waals surface area contributed by atoms with Gasteiger partial charge in [-0.3, -0.25) is 4.79 Å². The van der Waals surface area contributed by atoms with E-state index in [4.69, 9.17) is 0 Å². The number of nitrogens with zero attached hydrogens (tertiary/aromatic N) is 1. The van der Waals surface area contributed by atoms with Gasteiger partial charge in [0, 0.05) is 19.0 Å². The Morgan fingerprint density at radius 2 is 2.10 bits per heavy atom. The fourth-order valence-electron chi connectivity index (χ4n) is 1.30. The molecule has 0 aromatic rings. The molecule has 0 aromatic heterocycles. The van der Waals surface area contributed by atoms with Crippen molar-refractivity contribution in [3.05, 3.63) is 0 Å². The van der Waals surface area contributed by atoms with Crippen LogP contribution < -0.4 is 0 Å². The van der Waals surface area contributed by atoms with E-state index >= 15 is 0 Å². The monoisotopic (exact) mass is 141 g/mol. The quantitative estimate of drug-likeness (QED) is 0.497. The summed E-state index contributed by atoms with van der Waals surface area (Å²) in [4.78, 5) is 13.0. The van der Waals surface area contributed by atoms with E-state index < -0.39 is 0 Å². The van der Waals surface area contributed by atoms with E-state index in [-0.39, 0.29) is 11.4 Å². The van der Waals surface area contributed by atoms with Gasteiger partial charge < -0.3 is 4.90 Å². The molecule has 1 rings (SSSR count). The topological polar surface area (TPSA) is 20.3 Å². The molecule has 1 amide bonds. The van der Waals surface area contributed by atoms with Crippen LogP contribution in [0, 0.1) is 5.92 Å². The van der Waals surface area contributed by atoms with Gasteiger partial charge in [-0.2, -0.15) is 0 Å². The lowest BCUT2D eigenvalue weighted by Crippen LogP contribution is -2.40. The predicted molar refractivity (Wildman–Crippen MR) is 40.6 cm³/mol. The van der Waals surface area contributed by atoms with Crippen LogP contribution >= 0.6 is 0 Å². The Morgan fingerprint density at radius 3 is 2.20 bits per heavy atom. The van der Waals surface area contributed by atoms with E-state index in [0.717, 1.165) is 0 Å². The zero-order valence-corrected chi connectivity index (χ0v) is 7.14. The molecule has 58 valence electrons. The summed E-state index contributed by atoms with van der Waals surface area (Å²) in [5.41, 5.74) is 0.0666.